The van der Waals surface area contributed by atoms with Gasteiger partial charge in [-0.3, -0.25) is 0 Å². The average Bonchev–Trinajstić information content (AvgIpc) is 3.48. The molecule has 32 heavy (non-hydrogen) atoms. The maximum absolute atomic E-state index is 13.1. The van der Waals surface area contributed by atoms with Gasteiger partial charge in [0.05, 0.1) is 18.7 Å². The van der Waals surface area contributed by atoms with Crippen LogP contribution in [0, 0.1) is 12.7 Å². The molecule has 164 valence electrons. The first-order valence-corrected chi connectivity index (χ1v) is 11.1. The zero-order valence-corrected chi connectivity index (χ0v) is 19.1. The van der Waals surface area contributed by atoms with Crippen molar-refractivity contribution in [3.63, 3.8) is 0 Å². The third-order valence-corrected chi connectivity index (χ3v) is 6.23. The molecule has 8 heteroatoms. The van der Waals surface area contributed by atoms with Crippen molar-refractivity contribution in [1.29, 1.82) is 0 Å². The number of hydrogen-bond donors (Lipinski definition) is 0. The summed E-state index contributed by atoms with van der Waals surface area (Å²) in [5.41, 5.74) is 5.00. The van der Waals surface area contributed by atoms with Crippen LogP contribution in [-0.4, -0.2) is 15.4 Å². The zero-order valence-electron chi connectivity index (χ0n) is 17.5. The molecule has 0 atom stereocenters. The highest BCUT2D eigenvalue weighted by Crippen LogP contribution is 2.27. The first kappa shape index (κ1) is 22.2. The van der Waals surface area contributed by atoms with E-state index in [0.29, 0.717) is 10.8 Å². The molecule has 0 spiro atoms. The molecule has 0 N–H and O–H groups in total. The van der Waals surface area contributed by atoms with E-state index >= 15 is 0 Å². The topological polar surface area (TPSA) is 57.1 Å². The Morgan fingerprint density at radius 1 is 1.16 bits per heavy atom. The Labute approximate surface area is 196 Å². The van der Waals surface area contributed by atoms with E-state index < -0.39 is 0 Å². The minimum Gasteiger partial charge on any atom is -0.859 e. The predicted octanol–water partition coefficient (Wildman–Crippen LogP) is 4.47. The lowest BCUT2D eigenvalue weighted by atomic mass is 10.1. The summed E-state index contributed by atoms with van der Waals surface area (Å²) in [7, 11) is 0. The molecule has 0 unspecified atom stereocenters. The number of aromatic nitrogens is 3. The van der Waals surface area contributed by atoms with E-state index in [0.717, 1.165) is 42.0 Å². The smallest absolute Gasteiger partial charge is 0.257 e. The average molecular weight is 469 g/mol. The Morgan fingerprint density at radius 3 is 2.62 bits per heavy atom. The first-order chi connectivity index (χ1) is 15.1. The van der Waals surface area contributed by atoms with E-state index in [1.807, 2.05) is 9.95 Å². The quantitative estimate of drug-likeness (QED) is 0.246. The van der Waals surface area contributed by atoms with Gasteiger partial charge in [-0.25, -0.2) is 23.5 Å². The van der Waals surface area contributed by atoms with Crippen LogP contribution < -0.4 is 9.67 Å². The van der Waals surface area contributed by atoms with Crippen LogP contribution in [-0.2, 0) is 19.5 Å². The molecular formula is C24H22ClFN4OS. The van der Waals surface area contributed by atoms with Gasteiger partial charge in [0.25, 0.3) is 5.82 Å². The van der Waals surface area contributed by atoms with Crippen molar-refractivity contribution in [3.05, 3.63) is 77.3 Å². The van der Waals surface area contributed by atoms with Crippen molar-refractivity contribution in [3.8, 4) is 22.5 Å². The Bertz CT molecular complexity index is 1260. The Morgan fingerprint density at radius 2 is 1.88 bits per heavy atom. The summed E-state index contributed by atoms with van der Waals surface area (Å²) in [6, 6.07) is 14.6. The number of halogens is 2. The van der Waals surface area contributed by atoms with Crippen molar-refractivity contribution >= 4 is 34.8 Å². The predicted molar refractivity (Wildman–Crippen MR) is 125 cm³/mol. The molecule has 0 radical (unpaired) electrons. The van der Waals surface area contributed by atoms with Gasteiger partial charge < -0.3 is 5.11 Å². The fourth-order valence-electron chi connectivity index (χ4n) is 3.96. The van der Waals surface area contributed by atoms with E-state index in [1.54, 1.807) is 12.1 Å². The SMILES string of the molecule is Cc1ccc(-c2c[n+](CC([O-])=Nc3nc(-c4ccc(F)cc4)cs3)c3n2CCC3)cc1.Cl. The van der Waals surface area contributed by atoms with Gasteiger partial charge in [0.1, 0.15) is 18.6 Å². The summed E-state index contributed by atoms with van der Waals surface area (Å²) < 4.78 is 17.4. The van der Waals surface area contributed by atoms with Crippen molar-refractivity contribution < 1.29 is 14.1 Å². The molecule has 5 rings (SSSR count). The van der Waals surface area contributed by atoms with Gasteiger partial charge >= 0.3 is 0 Å². The van der Waals surface area contributed by atoms with Gasteiger partial charge in [-0.2, -0.15) is 0 Å². The second-order valence-electron chi connectivity index (χ2n) is 7.71. The molecule has 2 aromatic carbocycles. The maximum atomic E-state index is 13.1. The van der Waals surface area contributed by atoms with E-state index in [9.17, 15) is 9.50 Å². The minimum atomic E-state index is -0.291. The van der Waals surface area contributed by atoms with E-state index in [-0.39, 0.29) is 30.7 Å². The number of thiazole rings is 1. The molecule has 0 saturated carbocycles. The second kappa shape index (κ2) is 9.22. The number of imidazole rings is 1. The molecule has 0 fully saturated rings. The number of rotatable bonds is 5. The molecule has 5 nitrogen and oxygen atoms in total. The molecule has 0 aliphatic carbocycles. The molecular weight excluding hydrogens is 447 g/mol. The van der Waals surface area contributed by atoms with Crippen LogP contribution in [0.2, 0.25) is 0 Å². The van der Waals surface area contributed by atoms with Crippen LogP contribution in [0.25, 0.3) is 22.5 Å². The standard InChI is InChI=1S/C24H21FN4OS.ClH/c1-16-4-6-18(7-5-16)21-13-28(23-3-2-12-29(21)23)14-22(30)27-24-26-20(15-31-24)17-8-10-19(25)11-9-17;/h4-11,13,15H,2-3,12,14H2,1H3;1H. The maximum Gasteiger partial charge on any atom is 0.257 e. The summed E-state index contributed by atoms with van der Waals surface area (Å²) in [6.07, 6.45) is 4.08. The van der Waals surface area contributed by atoms with Gasteiger partial charge in [0.15, 0.2) is 5.69 Å². The highest BCUT2D eigenvalue weighted by atomic mass is 35.5. The molecule has 4 aromatic rings. The molecule has 1 aliphatic heterocycles. The van der Waals surface area contributed by atoms with Crippen molar-refractivity contribution in [2.24, 2.45) is 4.99 Å². The molecule has 1 aliphatic rings. The normalized spacial score (nSPS) is 13.1. The molecule has 0 bridgehead atoms. The number of aliphatic imine (C=N–C) groups is 1. The fraction of sp³-hybridized carbons (Fsp3) is 0.208. The first-order valence-electron chi connectivity index (χ1n) is 10.2. The van der Waals surface area contributed by atoms with Gasteiger partial charge in [-0.15, -0.1) is 23.7 Å². The summed E-state index contributed by atoms with van der Waals surface area (Å²) in [5, 5.41) is 14.9. The van der Waals surface area contributed by atoms with Gasteiger partial charge in [0, 0.05) is 22.4 Å². The summed E-state index contributed by atoms with van der Waals surface area (Å²) in [6.45, 7) is 3.23. The van der Waals surface area contributed by atoms with Crippen LogP contribution >= 0.6 is 23.7 Å². The molecule has 2 aromatic heterocycles. The van der Waals surface area contributed by atoms with Gasteiger partial charge in [0.2, 0.25) is 5.13 Å². The minimum absolute atomic E-state index is 0. The molecule has 3 heterocycles. The Balaban J connectivity index is 0.00000245. The lowest BCUT2D eigenvalue weighted by molar-refractivity contribution is -0.693. The van der Waals surface area contributed by atoms with Crippen molar-refractivity contribution in [2.75, 3.05) is 0 Å². The number of fused-ring (bicyclic) bond motifs is 1. The van der Waals surface area contributed by atoms with Crippen molar-refractivity contribution in [1.82, 2.24) is 9.55 Å². The van der Waals surface area contributed by atoms with E-state index in [2.05, 4.69) is 51.9 Å². The third kappa shape index (κ3) is 4.45. The largest absolute Gasteiger partial charge is 0.859 e. The summed E-state index contributed by atoms with van der Waals surface area (Å²) >= 11 is 1.31. The van der Waals surface area contributed by atoms with Crippen LogP contribution in [0.5, 0.6) is 0 Å². The zero-order chi connectivity index (χ0) is 21.4. The molecule has 0 amide bonds. The number of hydrogen-bond acceptors (Lipinski definition) is 4. The van der Waals surface area contributed by atoms with Crippen LogP contribution in [0.1, 0.15) is 17.8 Å². The number of nitrogens with zero attached hydrogens (tertiary/aromatic N) is 4. The third-order valence-electron chi connectivity index (χ3n) is 5.50. The fourth-order valence-corrected chi connectivity index (χ4v) is 4.67. The van der Waals surface area contributed by atoms with E-state index in [4.69, 9.17) is 0 Å². The lowest BCUT2D eigenvalue weighted by Crippen LogP contribution is -2.43. The number of benzene rings is 2. The van der Waals surface area contributed by atoms with Gasteiger partial charge in [-0.05, 0) is 37.6 Å². The van der Waals surface area contributed by atoms with Crippen LogP contribution in [0.3, 0.4) is 0 Å². The number of aryl methyl sites for hydroxylation is 1. The summed E-state index contributed by atoms with van der Waals surface area (Å²) in [4.78, 5) is 8.62. The monoisotopic (exact) mass is 468 g/mol. The highest BCUT2D eigenvalue weighted by Gasteiger charge is 2.28. The van der Waals surface area contributed by atoms with Crippen LogP contribution in [0.4, 0.5) is 9.52 Å². The lowest BCUT2D eigenvalue weighted by Gasteiger charge is -2.07. The van der Waals surface area contributed by atoms with Crippen molar-refractivity contribution in [2.45, 2.75) is 32.9 Å². The summed E-state index contributed by atoms with van der Waals surface area (Å²) in [5.74, 6) is 0.632. The van der Waals surface area contributed by atoms with E-state index in [1.165, 1.54) is 29.0 Å². The van der Waals surface area contributed by atoms with Crippen LogP contribution in [0.15, 0.2) is 65.1 Å². The highest BCUT2D eigenvalue weighted by molar-refractivity contribution is 7.13. The molecule has 0 saturated heterocycles. The van der Waals surface area contributed by atoms with Gasteiger partial charge in [-0.1, -0.05) is 29.8 Å². The Hall–Kier alpha value is -3.03. The second-order valence-corrected chi connectivity index (χ2v) is 8.54. The Kier molecular flexibility index (Phi) is 6.39.